The van der Waals surface area contributed by atoms with E-state index in [2.05, 4.69) is 49.4 Å². The van der Waals surface area contributed by atoms with Gasteiger partial charge in [0.05, 0.1) is 18.0 Å². The van der Waals surface area contributed by atoms with Gasteiger partial charge in [0.15, 0.2) is 0 Å². The first-order valence-corrected chi connectivity index (χ1v) is 13.3. The lowest BCUT2D eigenvalue weighted by Gasteiger charge is -2.50. The first-order valence-electron chi connectivity index (χ1n) is 13.3. The normalized spacial score (nSPS) is 24.5. The summed E-state index contributed by atoms with van der Waals surface area (Å²) in [5.41, 5.74) is 3.05. The van der Waals surface area contributed by atoms with Gasteiger partial charge in [0.2, 0.25) is 0 Å². The molecule has 6 rings (SSSR count). The second-order valence-electron chi connectivity index (χ2n) is 11.5. The Morgan fingerprint density at radius 3 is 2.46 bits per heavy atom. The summed E-state index contributed by atoms with van der Waals surface area (Å²) in [6, 6.07) is 20.1. The number of hydrogen-bond donors (Lipinski definition) is 2. The number of carboxylic acids is 1. The molecule has 5 heteroatoms. The summed E-state index contributed by atoms with van der Waals surface area (Å²) in [7, 11) is 0. The van der Waals surface area contributed by atoms with Gasteiger partial charge < -0.3 is 10.2 Å². The highest BCUT2D eigenvalue weighted by molar-refractivity contribution is 5.82. The van der Waals surface area contributed by atoms with E-state index >= 15 is 0 Å². The van der Waals surface area contributed by atoms with Crippen molar-refractivity contribution in [3.8, 4) is 0 Å². The number of benzene rings is 2. The molecule has 2 bridgehead atoms. The molecule has 3 aromatic rings. The predicted octanol–water partition coefficient (Wildman–Crippen LogP) is 6.46. The van der Waals surface area contributed by atoms with E-state index in [0.29, 0.717) is 11.8 Å². The number of piperidine rings is 3. The van der Waals surface area contributed by atoms with Crippen molar-refractivity contribution in [2.24, 2.45) is 17.3 Å². The van der Waals surface area contributed by atoms with Crippen molar-refractivity contribution in [1.82, 2.24) is 9.88 Å². The number of carbonyl (C=O) groups is 1. The SMILES string of the molecule is C=CC1CN2CCC1CC2C(O)c1ccnc2ccccc12.CC(C)(C)C(CC(=O)O)c1ccccc1. The molecule has 2 aromatic carbocycles. The molecular formula is C32H40N2O3. The highest BCUT2D eigenvalue weighted by atomic mass is 16.4. The number of aliphatic hydroxyl groups excluding tert-OH is 1. The number of hydrogen-bond acceptors (Lipinski definition) is 4. The van der Waals surface area contributed by atoms with E-state index < -0.39 is 12.1 Å². The third-order valence-corrected chi connectivity index (χ3v) is 8.15. The van der Waals surface area contributed by atoms with E-state index in [1.807, 2.05) is 60.8 Å². The number of para-hydroxylation sites is 1. The Morgan fingerprint density at radius 2 is 1.84 bits per heavy atom. The van der Waals surface area contributed by atoms with Gasteiger partial charge in [-0.05, 0) is 65.8 Å². The third kappa shape index (κ3) is 6.28. The Kier molecular flexibility index (Phi) is 8.46. The molecule has 6 atom stereocenters. The molecular weight excluding hydrogens is 460 g/mol. The van der Waals surface area contributed by atoms with E-state index in [1.54, 1.807) is 0 Å². The maximum Gasteiger partial charge on any atom is 0.303 e. The van der Waals surface area contributed by atoms with Crippen molar-refractivity contribution in [3.05, 3.63) is 90.6 Å². The maximum atomic E-state index is 11.0. The van der Waals surface area contributed by atoms with Crippen LogP contribution in [0.5, 0.6) is 0 Å². The number of aromatic nitrogens is 1. The first-order chi connectivity index (χ1) is 17.7. The molecule has 1 aromatic heterocycles. The van der Waals surface area contributed by atoms with Crippen LogP contribution in [0.2, 0.25) is 0 Å². The lowest BCUT2D eigenvalue weighted by molar-refractivity contribution is -0.138. The molecule has 0 amide bonds. The zero-order valence-electron chi connectivity index (χ0n) is 22.3. The Hall–Kier alpha value is -3.02. The number of nitrogens with zero attached hydrogens (tertiary/aromatic N) is 2. The van der Waals surface area contributed by atoms with Crippen LogP contribution < -0.4 is 0 Å². The molecule has 37 heavy (non-hydrogen) atoms. The largest absolute Gasteiger partial charge is 0.481 e. The molecule has 6 unspecified atom stereocenters. The number of rotatable bonds is 6. The van der Waals surface area contributed by atoms with Crippen LogP contribution in [0.3, 0.4) is 0 Å². The minimum Gasteiger partial charge on any atom is -0.481 e. The Balaban J connectivity index is 0.000000188. The summed E-state index contributed by atoms with van der Waals surface area (Å²) in [5.74, 6) is 0.594. The van der Waals surface area contributed by atoms with Crippen LogP contribution in [0, 0.1) is 17.3 Å². The second kappa shape index (κ2) is 11.6. The highest BCUT2D eigenvalue weighted by Gasteiger charge is 2.42. The maximum absolute atomic E-state index is 11.0. The van der Waals surface area contributed by atoms with Gasteiger partial charge in [-0.1, -0.05) is 75.4 Å². The first kappa shape index (κ1) is 27.0. The quantitative estimate of drug-likeness (QED) is 0.380. The molecule has 3 aliphatic heterocycles. The molecule has 0 aliphatic carbocycles. The van der Waals surface area contributed by atoms with Crippen LogP contribution in [-0.2, 0) is 4.79 Å². The molecule has 3 aliphatic rings. The Labute approximate surface area is 220 Å². The van der Waals surface area contributed by atoms with Crippen LogP contribution in [0.1, 0.15) is 63.2 Å². The van der Waals surface area contributed by atoms with Crippen molar-refractivity contribution >= 4 is 16.9 Å². The monoisotopic (exact) mass is 500 g/mol. The van der Waals surface area contributed by atoms with E-state index in [0.717, 1.165) is 41.5 Å². The van der Waals surface area contributed by atoms with Crippen LogP contribution in [-0.4, -0.2) is 45.2 Å². The second-order valence-corrected chi connectivity index (χ2v) is 11.5. The topological polar surface area (TPSA) is 73.7 Å². The molecule has 196 valence electrons. The van der Waals surface area contributed by atoms with Gasteiger partial charge in [0.1, 0.15) is 0 Å². The van der Waals surface area contributed by atoms with E-state index in [1.165, 1.54) is 6.42 Å². The van der Waals surface area contributed by atoms with Crippen LogP contribution >= 0.6 is 0 Å². The molecule has 2 N–H and O–H groups in total. The minimum atomic E-state index is -0.737. The molecule has 3 fully saturated rings. The number of aliphatic hydroxyl groups is 1. The number of carboxylic acid groups (broad SMARTS) is 1. The third-order valence-electron chi connectivity index (χ3n) is 8.15. The molecule has 0 radical (unpaired) electrons. The zero-order chi connectivity index (χ0) is 26.6. The fourth-order valence-corrected chi connectivity index (χ4v) is 6.07. The standard InChI is InChI=1S/C19H22N2O.C13H18O2/c1-2-13-12-21-10-8-14(13)11-18(21)19(22)16-7-9-20-17-6-4-3-5-15(16)17;1-13(2,3)11(9-12(14)15)10-7-5-4-6-8-10/h2-7,9,13-14,18-19,22H,1,8,10-12H2;4-8,11H,9H2,1-3H3,(H,14,15). The van der Waals surface area contributed by atoms with Gasteiger partial charge >= 0.3 is 5.97 Å². The van der Waals surface area contributed by atoms with Gasteiger partial charge in [0, 0.05) is 24.2 Å². The average Bonchev–Trinajstić information content (AvgIpc) is 2.91. The molecule has 5 nitrogen and oxygen atoms in total. The number of aliphatic carboxylic acids is 1. The summed E-state index contributed by atoms with van der Waals surface area (Å²) in [5, 5.41) is 21.0. The fourth-order valence-electron chi connectivity index (χ4n) is 6.07. The minimum absolute atomic E-state index is 0.0280. The van der Waals surface area contributed by atoms with Crippen LogP contribution in [0.25, 0.3) is 10.9 Å². The summed E-state index contributed by atoms with van der Waals surface area (Å²) < 4.78 is 0. The van der Waals surface area contributed by atoms with Crippen molar-refractivity contribution < 1.29 is 15.0 Å². The highest BCUT2D eigenvalue weighted by Crippen LogP contribution is 2.42. The van der Waals surface area contributed by atoms with E-state index in [9.17, 15) is 9.90 Å². The smallest absolute Gasteiger partial charge is 0.303 e. The van der Waals surface area contributed by atoms with Crippen molar-refractivity contribution in [2.75, 3.05) is 13.1 Å². The summed E-state index contributed by atoms with van der Waals surface area (Å²) in [6.45, 7) is 12.3. The summed E-state index contributed by atoms with van der Waals surface area (Å²) >= 11 is 0. The summed E-state index contributed by atoms with van der Waals surface area (Å²) in [6.07, 6.45) is 5.95. The molecule has 0 saturated carbocycles. The van der Waals surface area contributed by atoms with Crippen molar-refractivity contribution in [3.63, 3.8) is 0 Å². The van der Waals surface area contributed by atoms with Gasteiger partial charge in [-0.2, -0.15) is 0 Å². The molecule has 3 saturated heterocycles. The van der Waals surface area contributed by atoms with Gasteiger partial charge in [0.25, 0.3) is 0 Å². The van der Waals surface area contributed by atoms with Crippen molar-refractivity contribution in [2.45, 2.75) is 58.1 Å². The molecule has 4 heterocycles. The van der Waals surface area contributed by atoms with Crippen LogP contribution in [0.15, 0.2) is 79.5 Å². The van der Waals surface area contributed by atoms with Gasteiger partial charge in [-0.3, -0.25) is 14.7 Å². The van der Waals surface area contributed by atoms with Crippen molar-refractivity contribution in [1.29, 1.82) is 0 Å². The lowest BCUT2D eigenvalue weighted by atomic mass is 9.73. The van der Waals surface area contributed by atoms with E-state index in [-0.39, 0.29) is 23.8 Å². The average molecular weight is 501 g/mol. The van der Waals surface area contributed by atoms with Gasteiger partial charge in [-0.25, -0.2) is 0 Å². The zero-order valence-corrected chi connectivity index (χ0v) is 22.3. The number of fused-ring (bicyclic) bond motifs is 4. The molecule has 0 spiro atoms. The fraction of sp³-hybridized carbons (Fsp3) is 0.438. The van der Waals surface area contributed by atoms with E-state index in [4.69, 9.17) is 5.11 Å². The van der Waals surface area contributed by atoms with Gasteiger partial charge in [-0.15, -0.1) is 6.58 Å². The Bertz CT molecular complexity index is 1200. The summed E-state index contributed by atoms with van der Waals surface area (Å²) in [4.78, 5) is 17.7. The predicted molar refractivity (Wildman–Crippen MR) is 149 cm³/mol. The number of pyridine rings is 1. The van der Waals surface area contributed by atoms with Crippen LogP contribution in [0.4, 0.5) is 0 Å². The lowest BCUT2D eigenvalue weighted by Crippen LogP contribution is -2.54. The Morgan fingerprint density at radius 1 is 1.14 bits per heavy atom.